The van der Waals surface area contributed by atoms with E-state index in [1.165, 1.54) is 6.07 Å². The molecule has 0 heterocycles. The van der Waals surface area contributed by atoms with Crippen LogP contribution in [0.5, 0.6) is 0 Å². The molecule has 0 spiro atoms. The van der Waals surface area contributed by atoms with Crippen molar-refractivity contribution in [1.82, 2.24) is 10.2 Å². The second-order valence-corrected chi connectivity index (χ2v) is 7.89. The lowest BCUT2D eigenvalue weighted by molar-refractivity contribution is -0.124. The Kier molecular flexibility index (Phi) is 5.22. The van der Waals surface area contributed by atoms with Gasteiger partial charge in [-0.25, -0.2) is 0 Å². The minimum Gasteiger partial charge on any atom is -0.352 e. The SMILES string of the molecule is C[C@@H](C(=O)Nc1ccc2c(c1)C(=O)c1ccccc1C2=O)N(C)CC(=O)NC1CC1. The summed E-state index contributed by atoms with van der Waals surface area (Å²) in [5, 5.41) is 5.68. The number of carbonyl (C=O) groups excluding carboxylic acids is 4. The highest BCUT2D eigenvalue weighted by Crippen LogP contribution is 2.29. The van der Waals surface area contributed by atoms with Crippen molar-refractivity contribution in [3.05, 3.63) is 64.7 Å². The normalized spacial score (nSPS) is 16.0. The number of likely N-dealkylation sites (N-methyl/N-ethyl adjacent to an activating group) is 1. The number of nitrogens with one attached hydrogen (secondary N) is 2. The zero-order valence-corrected chi connectivity index (χ0v) is 16.9. The predicted octanol–water partition coefficient (Wildman–Crippen LogP) is 2.00. The molecule has 7 nitrogen and oxygen atoms in total. The van der Waals surface area contributed by atoms with E-state index in [0.29, 0.717) is 22.4 Å². The van der Waals surface area contributed by atoms with Crippen molar-refractivity contribution in [2.24, 2.45) is 0 Å². The van der Waals surface area contributed by atoms with Gasteiger partial charge in [0.05, 0.1) is 12.6 Å². The third kappa shape index (κ3) is 3.89. The van der Waals surface area contributed by atoms with Crippen LogP contribution in [0, 0.1) is 0 Å². The Hall–Kier alpha value is -3.32. The van der Waals surface area contributed by atoms with Gasteiger partial charge >= 0.3 is 0 Å². The molecule has 154 valence electrons. The van der Waals surface area contributed by atoms with Gasteiger partial charge in [-0.2, -0.15) is 0 Å². The molecular weight excluding hydrogens is 382 g/mol. The summed E-state index contributed by atoms with van der Waals surface area (Å²) in [5.74, 6) is -0.839. The van der Waals surface area contributed by atoms with Gasteiger partial charge in [-0.3, -0.25) is 24.1 Å². The third-order valence-corrected chi connectivity index (χ3v) is 5.57. The van der Waals surface area contributed by atoms with E-state index in [9.17, 15) is 19.2 Å². The summed E-state index contributed by atoms with van der Waals surface area (Å²) in [6.45, 7) is 1.84. The first kappa shape index (κ1) is 20.0. The van der Waals surface area contributed by atoms with Crippen LogP contribution in [0.4, 0.5) is 5.69 Å². The summed E-state index contributed by atoms with van der Waals surface area (Å²) < 4.78 is 0. The lowest BCUT2D eigenvalue weighted by atomic mass is 9.84. The van der Waals surface area contributed by atoms with Crippen LogP contribution in [-0.4, -0.2) is 54.0 Å². The van der Waals surface area contributed by atoms with Crippen LogP contribution < -0.4 is 10.6 Å². The molecule has 2 amide bonds. The number of amides is 2. The molecule has 4 rings (SSSR count). The van der Waals surface area contributed by atoms with Gasteiger partial charge in [-0.15, -0.1) is 0 Å². The number of fused-ring (bicyclic) bond motifs is 2. The van der Waals surface area contributed by atoms with E-state index in [1.807, 2.05) is 0 Å². The van der Waals surface area contributed by atoms with Gasteiger partial charge in [0.25, 0.3) is 0 Å². The van der Waals surface area contributed by atoms with Crippen LogP contribution in [0.1, 0.15) is 51.6 Å². The summed E-state index contributed by atoms with van der Waals surface area (Å²) in [6.07, 6.45) is 2.02. The molecule has 1 atom stereocenters. The Balaban J connectivity index is 1.46. The minimum atomic E-state index is -0.552. The average Bonchev–Trinajstić information content (AvgIpc) is 3.55. The molecule has 0 aliphatic heterocycles. The monoisotopic (exact) mass is 405 g/mol. The van der Waals surface area contributed by atoms with Crippen molar-refractivity contribution < 1.29 is 19.2 Å². The van der Waals surface area contributed by atoms with Gasteiger partial charge in [0, 0.05) is 34.0 Å². The highest BCUT2D eigenvalue weighted by Gasteiger charge is 2.30. The first-order valence-corrected chi connectivity index (χ1v) is 9.98. The quantitative estimate of drug-likeness (QED) is 0.654. The Morgan fingerprint density at radius 1 is 1.00 bits per heavy atom. The van der Waals surface area contributed by atoms with Crippen LogP contribution in [0.15, 0.2) is 42.5 Å². The second-order valence-electron chi connectivity index (χ2n) is 7.89. The molecule has 1 saturated carbocycles. The van der Waals surface area contributed by atoms with Crippen molar-refractivity contribution in [3.8, 4) is 0 Å². The lowest BCUT2D eigenvalue weighted by Crippen LogP contribution is -2.45. The molecule has 2 aliphatic carbocycles. The zero-order valence-electron chi connectivity index (χ0n) is 16.9. The van der Waals surface area contributed by atoms with Gasteiger partial charge in [0.1, 0.15) is 0 Å². The highest BCUT2D eigenvalue weighted by molar-refractivity contribution is 6.28. The zero-order chi connectivity index (χ0) is 21.4. The van der Waals surface area contributed by atoms with E-state index in [-0.39, 0.29) is 41.5 Å². The number of benzene rings is 2. The van der Waals surface area contributed by atoms with Crippen molar-refractivity contribution in [3.63, 3.8) is 0 Å². The number of hydrogen-bond donors (Lipinski definition) is 2. The van der Waals surface area contributed by atoms with Crippen LogP contribution in [0.3, 0.4) is 0 Å². The summed E-state index contributed by atoms with van der Waals surface area (Å²) in [4.78, 5) is 51.8. The molecule has 1 fully saturated rings. The van der Waals surface area contributed by atoms with Crippen LogP contribution in [-0.2, 0) is 9.59 Å². The molecule has 2 N–H and O–H groups in total. The smallest absolute Gasteiger partial charge is 0.241 e. The van der Waals surface area contributed by atoms with Crippen LogP contribution >= 0.6 is 0 Å². The van der Waals surface area contributed by atoms with Crippen LogP contribution in [0.2, 0.25) is 0 Å². The molecule has 0 bridgehead atoms. The van der Waals surface area contributed by atoms with Crippen molar-refractivity contribution in [1.29, 1.82) is 0 Å². The Morgan fingerprint density at radius 2 is 1.60 bits per heavy atom. The molecule has 2 aromatic carbocycles. The fourth-order valence-electron chi connectivity index (χ4n) is 3.49. The van der Waals surface area contributed by atoms with Crippen molar-refractivity contribution in [2.45, 2.75) is 31.8 Å². The third-order valence-electron chi connectivity index (χ3n) is 5.57. The van der Waals surface area contributed by atoms with Gasteiger partial charge in [-0.05, 0) is 45.0 Å². The molecule has 2 aliphatic rings. The van der Waals surface area contributed by atoms with E-state index < -0.39 is 6.04 Å². The number of ketones is 2. The molecule has 0 saturated heterocycles. The van der Waals surface area contributed by atoms with E-state index in [1.54, 1.807) is 55.3 Å². The first-order chi connectivity index (χ1) is 14.3. The largest absolute Gasteiger partial charge is 0.352 e. The molecular formula is C23H23N3O4. The summed E-state index contributed by atoms with van der Waals surface area (Å²) in [7, 11) is 1.71. The summed E-state index contributed by atoms with van der Waals surface area (Å²) >= 11 is 0. The number of carbonyl (C=O) groups is 4. The number of nitrogens with zero attached hydrogens (tertiary/aromatic N) is 1. The topological polar surface area (TPSA) is 95.6 Å². The molecule has 30 heavy (non-hydrogen) atoms. The Morgan fingerprint density at radius 3 is 2.23 bits per heavy atom. The van der Waals surface area contributed by atoms with Gasteiger partial charge in [0.15, 0.2) is 11.6 Å². The van der Waals surface area contributed by atoms with E-state index >= 15 is 0 Å². The summed E-state index contributed by atoms with van der Waals surface area (Å²) in [6, 6.07) is 11.2. The maximum absolute atomic E-state index is 12.8. The fraction of sp³-hybridized carbons (Fsp3) is 0.304. The van der Waals surface area contributed by atoms with Crippen molar-refractivity contribution >= 4 is 29.1 Å². The van der Waals surface area contributed by atoms with E-state index in [0.717, 1.165) is 12.8 Å². The molecule has 7 heteroatoms. The minimum absolute atomic E-state index is 0.101. The van der Waals surface area contributed by atoms with Crippen LogP contribution in [0.25, 0.3) is 0 Å². The average molecular weight is 405 g/mol. The first-order valence-electron chi connectivity index (χ1n) is 9.98. The molecule has 0 radical (unpaired) electrons. The van der Waals surface area contributed by atoms with Gasteiger partial charge in [0.2, 0.25) is 11.8 Å². The predicted molar refractivity (Wildman–Crippen MR) is 112 cm³/mol. The molecule has 0 unspecified atom stereocenters. The van der Waals surface area contributed by atoms with Crippen molar-refractivity contribution in [2.75, 3.05) is 18.9 Å². The fourth-order valence-corrected chi connectivity index (χ4v) is 3.49. The van der Waals surface area contributed by atoms with Gasteiger partial charge < -0.3 is 10.6 Å². The van der Waals surface area contributed by atoms with E-state index in [4.69, 9.17) is 0 Å². The maximum Gasteiger partial charge on any atom is 0.241 e. The maximum atomic E-state index is 12.8. The number of hydrogen-bond acceptors (Lipinski definition) is 5. The number of rotatable bonds is 6. The highest BCUT2D eigenvalue weighted by atomic mass is 16.2. The number of anilines is 1. The molecule has 2 aromatic rings. The molecule has 0 aromatic heterocycles. The Labute approximate surface area is 174 Å². The lowest BCUT2D eigenvalue weighted by Gasteiger charge is -2.24. The second kappa shape index (κ2) is 7.84. The Bertz CT molecular complexity index is 1060. The van der Waals surface area contributed by atoms with E-state index in [2.05, 4.69) is 10.6 Å². The summed E-state index contributed by atoms with van der Waals surface area (Å²) in [5.41, 5.74) is 1.81. The standard InChI is InChI=1S/C23H23N3O4/c1-13(26(2)12-20(27)24-14-7-8-14)23(30)25-15-9-10-18-19(11-15)22(29)17-6-4-3-5-16(17)21(18)28/h3-6,9-11,13-14H,7-8,12H2,1-2H3,(H,24,27)(H,25,30)/t13-/m0/s1. The van der Waals surface area contributed by atoms with Gasteiger partial charge in [-0.1, -0.05) is 24.3 Å².